The van der Waals surface area contributed by atoms with Crippen molar-refractivity contribution in [2.45, 2.75) is 39.2 Å². The van der Waals surface area contributed by atoms with Crippen molar-refractivity contribution in [2.75, 3.05) is 0 Å². The van der Waals surface area contributed by atoms with Crippen LogP contribution in [0, 0.1) is 11.3 Å². The van der Waals surface area contributed by atoms with Crippen molar-refractivity contribution in [1.82, 2.24) is 0 Å². The van der Waals surface area contributed by atoms with E-state index in [1.807, 2.05) is 24.3 Å². The van der Waals surface area contributed by atoms with Gasteiger partial charge >= 0.3 is 5.97 Å². The highest BCUT2D eigenvalue weighted by Crippen LogP contribution is 2.40. The minimum absolute atomic E-state index is 0.00674. The van der Waals surface area contributed by atoms with Gasteiger partial charge in [-0.1, -0.05) is 28.1 Å². The largest absolute Gasteiger partial charge is 0.456 e. The van der Waals surface area contributed by atoms with Crippen molar-refractivity contribution >= 4 is 21.9 Å². The Balaban J connectivity index is 2.59. The van der Waals surface area contributed by atoms with Gasteiger partial charge < -0.3 is 15.2 Å². The lowest BCUT2D eigenvalue weighted by Gasteiger charge is -2.29. The number of hydrogen-bond acceptors (Lipinski definition) is 5. The summed E-state index contributed by atoms with van der Waals surface area (Å²) in [5.74, 6) is -0.806. The molecule has 0 aliphatic carbocycles. The molecule has 0 radical (unpaired) electrons. The van der Waals surface area contributed by atoms with E-state index >= 15 is 0 Å². The van der Waals surface area contributed by atoms with Gasteiger partial charge in [0.05, 0.1) is 11.5 Å². The van der Waals surface area contributed by atoms with E-state index in [2.05, 4.69) is 22.0 Å². The average Bonchev–Trinajstić information content (AvgIpc) is 2.44. The molecule has 0 fully saturated rings. The van der Waals surface area contributed by atoms with Gasteiger partial charge in [-0.3, -0.25) is 0 Å². The van der Waals surface area contributed by atoms with Crippen molar-refractivity contribution < 1.29 is 14.3 Å². The molecule has 2 N–H and O–H groups in total. The van der Waals surface area contributed by atoms with Gasteiger partial charge in [0, 0.05) is 4.47 Å². The highest BCUT2D eigenvalue weighted by molar-refractivity contribution is 9.10. The Morgan fingerprint density at radius 1 is 1.42 bits per heavy atom. The maximum absolute atomic E-state index is 12.7. The molecular formula is C18H19BrN2O3. The molecule has 1 aliphatic rings. The summed E-state index contributed by atoms with van der Waals surface area (Å²) >= 11 is 3.41. The Labute approximate surface area is 149 Å². The summed E-state index contributed by atoms with van der Waals surface area (Å²) in [5.41, 5.74) is 6.45. The first-order valence-electron chi connectivity index (χ1n) is 7.41. The van der Waals surface area contributed by atoms with E-state index in [1.54, 1.807) is 27.7 Å². The lowest BCUT2D eigenvalue weighted by atomic mass is 9.83. The fraction of sp³-hybridized carbons (Fsp3) is 0.333. The second kappa shape index (κ2) is 6.70. The van der Waals surface area contributed by atoms with Crippen molar-refractivity contribution in [3.8, 4) is 6.07 Å². The molecule has 1 aliphatic heterocycles. The molecule has 0 saturated carbocycles. The number of nitrogens with zero attached hydrogens (tertiary/aromatic N) is 1. The molecule has 1 atom stereocenters. The number of nitrogens with two attached hydrogens (primary N) is 1. The highest BCUT2D eigenvalue weighted by Gasteiger charge is 2.37. The predicted octanol–water partition coefficient (Wildman–Crippen LogP) is 3.87. The van der Waals surface area contributed by atoms with E-state index in [1.165, 1.54) is 0 Å². The SMILES string of the molecule is CC1=C(C(=O)OC(C)(C)C)[C@@H](c2cccc(Br)c2)C(C#N)=C(N)O1. The van der Waals surface area contributed by atoms with Gasteiger partial charge in [-0.2, -0.15) is 5.26 Å². The topological polar surface area (TPSA) is 85.3 Å². The molecule has 0 saturated heterocycles. The normalized spacial score (nSPS) is 18.1. The number of carbonyl (C=O) groups excluding carboxylic acids is 1. The summed E-state index contributed by atoms with van der Waals surface area (Å²) in [6.07, 6.45) is 0. The van der Waals surface area contributed by atoms with E-state index in [4.69, 9.17) is 15.2 Å². The van der Waals surface area contributed by atoms with Gasteiger partial charge in [0.1, 0.15) is 23.0 Å². The van der Waals surface area contributed by atoms with Crippen LogP contribution in [0.15, 0.2) is 51.5 Å². The molecule has 1 aromatic carbocycles. The molecule has 1 heterocycles. The third-order valence-corrected chi connectivity index (χ3v) is 3.90. The second-order valence-electron chi connectivity index (χ2n) is 6.45. The first-order valence-corrected chi connectivity index (χ1v) is 8.20. The lowest BCUT2D eigenvalue weighted by Crippen LogP contribution is -2.30. The summed E-state index contributed by atoms with van der Waals surface area (Å²) in [5, 5.41) is 9.53. The van der Waals surface area contributed by atoms with Crippen LogP contribution in [-0.2, 0) is 14.3 Å². The van der Waals surface area contributed by atoms with E-state index in [0.717, 1.165) is 10.0 Å². The van der Waals surface area contributed by atoms with Crippen LogP contribution < -0.4 is 5.73 Å². The van der Waals surface area contributed by atoms with Gasteiger partial charge in [0.15, 0.2) is 0 Å². The van der Waals surface area contributed by atoms with E-state index in [9.17, 15) is 10.1 Å². The number of rotatable bonds is 2. The standard InChI is InChI=1S/C18H19BrN2O3/c1-10-14(17(22)24-18(2,3)4)15(13(9-20)16(21)23-10)11-6-5-7-12(19)8-11/h5-8,15H,21H2,1-4H3/t15-/m0/s1. The average molecular weight is 391 g/mol. The van der Waals surface area contributed by atoms with Crippen LogP contribution in [0.25, 0.3) is 0 Å². The van der Waals surface area contributed by atoms with Crippen LogP contribution in [0.2, 0.25) is 0 Å². The third kappa shape index (κ3) is 3.80. The van der Waals surface area contributed by atoms with Crippen molar-refractivity contribution in [3.63, 3.8) is 0 Å². The van der Waals surface area contributed by atoms with Gasteiger partial charge in [0.2, 0.25) is 5.88 Å². The van der Waals surface area contributed by atoms with Crippen LogP contribution in [0.1, 0.15) is 39.2 Å². The number of benzene rings is 1. The monoisotopic (exact) mass is 390 g/mol. The summed E-state index contributed by atoms with van der Waals surface area (Å²) in [6, 6.07) is 9.45. The number of esters is 1. The molecule has 0 aromatic heterocycles. The van der Waals surface area contributed by atoms with E-state index in [0.29, 0.717) is 5.76 Å². The number of nitriles is 1. The smallest absolute Gasteiger partial charge is 0.338 e. The molecule has 5 nitrogen and oxygen atoms in total. The van der Waals surface area contributed by atoms with Gasteiger partial charge in [-0.15, -0.1) is 0 Å². The Morgan fingerprint density at radius 2 is 2.08 bits per heavy atom. The molecule has 0 unspecified atom stereocenters. The number of ether oxygens (including phenoxy) is 2. The maximum atomic E-state index is 12.7. The number of hydrogen-bond donors (Lipinski definition) is 1. The van der Waals surface area contributed by atoms with Gasteiger partial charge in [-0.05, 0) is 45.4 Å². The van der Waals surface area contributed by atoms with Crippen molar-refractivity contribution in [2.24, 2.45) is 5.73 Å². The molecule has 0 amide bonds. The lowest BCUT2D eigenvalue weighted by molar-refractivity contribution is -0.150. The van der Waals surface area contributed by atoms with Crippen LogP contribution in [0.5, 0.6) is 0 Å². The fourth-order valence-corrected chi connectivity index (χ4v) is 2.92. The first kappa shape index (κ1) is 18.1. The summed E-state index contributed by atoms with van der Waals surface area (Å²) in [4.78, 5) is 12.7. The third-order valence-electron chi connectivity index (χ3n) is 3.41. The van der Waals surface area contributed by atoms with Gasteiger partial charge in [0.25, 0.3) is 0 Å². The van der Waals surface area contributed by atoms with E-state index < -0.39 is 17.5 Å². The minimum atomic E-state index is -0.661. The van der Waals surface area contributed by atoms with Gasteiger partial charge in [-0.25, -0.2) is 4.79 Å². The van der Waals surface area contributed by atoms with Crippen LogP contribution in [0.3, 0.4) is 0 Å². The Bertz CT molecular complexity index is 782. The highest BCUT2D eigenvalue weighted by atomic mass is 79.9. The Hall–Kier alpha value is -2.26. The zero-order chi connectivity index (χ0) is 18.1. The molecular weight excluding hydrogens is 372 g/mol. The quantitative estimate of drug-likeness (QED) is 0.774. The van der Waals surface area contributed by atoms with Crippen LogP contribution >= 0.6 is 15.9 Å². The molecule has 2 rings (SSSR count). The van der Waals surface area contributed by atoms with E-state index in [-0.39, 0.29) is 17.0 Å². The fourth-order valence-electron chi connectivity index (χ4n) is 2.50. The summed E-state index contributed by atoms with van der Waals surface area (Å²) in [7, 11) is 0. The summed E-state index contributed by atoms with van der Waals surface area (Å²) < 4.78 is 11.8. The maximum Gasteiger partial charge on any atom is 0.338 e. The summed E-state index contributed by atoms with van der Waals surface area (Å²) in [6.45, 7) is 7.00. The zero-order valence-electron chi connectivity index (χ0n) is 14.0. The van der Waals surface area contributed by atoms with Crippen molar-refractivity contribution in [3.05, 3.63) is 57.1 Å². The second-order valence-corrected chi connectivity index (χ2v) is 7.37. The minimum Gasteiger partial charge on any atom is -0.456 e. The first-order chi connectivity index (χ1) is 11.1. The molecule has 24 heavy (non-hydrogen) atoms. The predicted molar refractivity (Wildman–Crippen MR) is 93.3 cm³/mol. The number of halogens is 1. The number of allylic oxidation sites excluding steroid dienone is 2. The molecule has 1 aromatic rings. The van der Waals surface area contributed by atoms with Crippen LogP contribution in [0.4, 0.5) is 0 Å². The molecule has 6 heteroatoms. The molecule has 0 spiro atoms. The Morgan fingerprint density at radius 3 is 2.62 bits per heavy atom. The van der Waals surface area contributed by atoms with Crippen LogP contribution in [-0.4, -0.2) is 11.6 Å². The molecule has 0 bridgehead atoms. The number of carbonyl (C=O) groups is 1. The Kier molecular flexibility index (Phi) is 5.05. The zero-order valence-corrected chi connectivity index (χ0v) is 15.6. The molecule has 126 valence electrons. The van der Waals surface area contributed by atoms with Crippen molar-refractivity contribution in [1.29, 1.82) is 5.26 Å².